The molecule has 118 valence electrons. The van der Waals surface area contributed by atoms with Gasteiger partial charge in [0, 0.05) is 5.69 Å². The quantitative estimate of drug-likeness (QED) is 0.849. The summed E-state index contributed by atoms with van der Waals surface area (Å²) in [5, 5.41) is 2.64. The zero-order chi connectivity index (χ0) is 16.1. The van der Waals surface area contributed by atoms with Crippen molar-refractivity contribution in [2.75, 3.05) is 11.9 Å². The van der Waals surface area contributed by atoms with Crippen molar-refractivity contribution in [2.45, 2.75) is 38.4 Å². The molecule has 0 heterocycles. The van der Waals surface area contributed by atoms with Gasteiger partial charge in [0.2, 0.25) is 5.91 Å². The third-order valence-electron chi connectivity index (χ3n) is 3.23. The highest BCUT2D eigenvalue weighted by Gasteiger charge is 2.30. The summed E-state index contributed by atoms with van der Waals surface area (Å²) in [6, 6.07) is 5.65. The summed E-state index contributed by atoms with van der Waals surface area (Å²) >= 11 is 0. The van der Waals surface area contributed by atoms with E-state index in [1.807, 2.05) is 13.8 Å². The zero-order valence-electron chi connectivity index (χ0n) is 12.0. The first-order chi connectivity index (χ1) is 9.70. The standard InChI is InChI=1S/C14H19F3N2O2/c1-3-13(18,4-2)12(20)19-10-5-7-11(8-6-10)21-9-14(15,16)17/h5-8H,3-4,9,18H2,1-2H3,(H,19,20). The van der Waals surface area contributed by atoms with Gasteiger partial charge >= 0.3 is 6.18 Å². The molecular formula is C14H19F3N2O2. The zero-order valence-corrected chi connectivity index (χ0v) is 12.0. The second-order valence-electron chi connectivity index (χ2n) is 4.75. The molecule has 0 aromatic heterocycles. The van der Waals surface area contributed by atoms with Crippen LogP contribution in [-0.2, 0) is 4.79 Å². The molecule has 0 unspecified atom stereocenters. The van der Waals surface area contributed by atoms with Crippen molar-refractivity contribution < 1.29 is 22.7 Å². The predicted molar refractivity (Wildman–Crippen MR) is 74.1 cm³/mol. The van der Waals surface area contributed by atoms with Gasteiger partial charge in [-0.05, 0) is 37.1 Å². The lowest BCUT2D eigenvalue weighted by molar-refractivity contribution is -0.153. The van der Waals surface area contributed by atoms with E-state index in [1.165, 1.54) is 24.3 Å². The van der Waals surface area contributed by atoms with E-state index in [-0.39, 0.29) is 11.7 Å². The summed E-state index contributed by atoms with van der Waals surface area (Å²) in [4.78, 5) is 12.0. The van der Waals surface area contributed by atoms with Gasteiger partial charge in [0.25, 0.3) is 0 Å². The van der Waals surface area contributed by atoms with E-state index in [0.29, 0.717) is 18.5 Å². The first-order valence-corrected chi connectivity index (χ1v) is 6.60. The number of alkyl halides is 3. The lowest BCUT2D eigenvalue weighted by Crippen LogP contribution is -2.50. The van der Waals surface area contributed by atoms with E-state index in [0.717, 1.165) is 0 Å². The predicted octanol–water partition coefficient (Wildman–Crippen LogP) is 3.08. The Morgan fingerprint density at radius 1 is 1.19 bits per heavy atom. The summed E-state index contributed by atoms with van der Waals surface area (Å²) in [5.41, 5.74) is 5.45. The Bertz CT molecular complexity index is 468. The van der Waals surface area contributed by atoms with Crippen LogP contribution in [0, 0.1) is 0 Å². The van der Waals surface area contributed by atoms with Crippen molar-refractivity contribution in [3.8, 4) is 5.75 Å². The number of ether oxygens (including phenoxy) is 1. The highest BCUT2D eigenvalue weighted by Crippen LogP contribution is 2.21. The number of nitrogens with one attached hydrogen (secondary N) is 1. The Hall–Kier alpha value is -1.76. The topological polar surface area (TPSA) is 64.4 Å². The van der Waals surface area contributed by atoms with Crippen LogP contribution in [-0.4, -0.2) is 24.2 Å². The van der Waals surface area contributed by atoms with E-state index in [4.69, 9.17) is 5.73 Å². The third kappa shape index (κ3) is 5.26. The second kappa shape index (κ2) is 6.80. The Balaban J connectivity index is 2.65. The first-order valence-electron chi connectivity index (χ1n) is 6.60. The molecule has 21 heavy (non-hydrogen) atoms. The molecule has 0 saturated carbocycles. The molecule has 0 aliphatic carbocycles. The van der Waals surface area contributed by atoms with Gasteiger partial charge in [-0.15, -0.1) is 0 Å². The SMILES string of the molecule is CCC(N)(CC)C(=O)Nc1ccc(OCC(F)(F)F)cc1. The van der Waals surface area contributed by atoms with Gasteiger partial charge in [-0.1, -0.05) is 13.8 Å². The lowest BCUT2D eigenvalue weighted by atomic mass is 9.93. The molecule has 0 bridgehead atoms. The van der Waals surface area contributed by atoms with Crippen LogP contribution in [0.15, 0.2) is 24.3 Å². The van der Waals surface area contributed by atoms with Crippen LogP contribution in [0.25, 0.3) is 0 Å². The maximum Gasteiger partial charge on any atom is 0.422 e. The molecule has 0 radical (unpaired) electrons. The van der Waals surface area contributed by atoms with Crippen LogP contribution in [0.1, 0.15) is 26.7 Å². The van der Waals surface area contributed by atoms with Crippen molar-refractivity contribution >= 4 is 11.6 Å². The van der Waals surface area contributed by atoms with Crippen molar-refractivity contribution in [3.63, 3.8) is 0 Å². The maximum absolute atomic E-state index is 12.0. The number of carbonyl (C=O) groups is 1. The third-order valence-corrected chi connectivity index (χ3v) is 3.23. The molecule has 4 nitrogen and oxygen atoms in total. The van der Waals surface area contributed by atoms with Gasteiger partial charge in [-0.3, -0.25) is 4.79 Å². The Kier molecular flexibility index (Phi) is 5.60. The van der Waals surface area contributed by atoms with Gasteiger partial charge in [-0.2, -0.15) is 13.2 Å². The molecule has 1 aromatic rings. The smallest absolute Gasteiger partial charge is 0.422 e. The molecular weight excluding hydrogens is 285 g/mol. The molecule has 0 aliphatic rings. The molecule has 7 heteroatoms. The summed E-state index contributed by atoms with van der Waals surface area (Å²) in [5.74, 6) is -0.244. The number of halogens is 3. The van der Waals surface area contributed by atoms with Gasteiger partial charge in [-0.25, -0.2) is 0 Å². The maximum atomic E-state index is 12.0. The van der Waals surface area contributed by atoms with Crippen molar-refractivity contribution in [1.29, 1.82) is 0 Å². The number of nitrogens with two attached hydrogens (primary N) is 1. The minimum absolute atomic E-state index is 0.0790. The largest absolute Gasteiger partial charge is 0.484 e. The summed E-state index contributed by atoms with van der Waals surface area (Å²) in [6.45, 7) is 2.28. The van der Waals surface area contributed by atoms with Crippen LogP contribution in [0.4, 0.5) is 18.9 Å². The number of benzene rings is 1. The number of rotatable bonds is 6. The average molecular weight is 304 g/mol. The fourth-order valence-corrected chi connectivity index (χ4v) is 1.63. The summed E-state index contributed by atoms with van der Waals surface area (Å²) in [7, 11) is 0. The molecule has 0 saturated heterocycles. The Morgan fingerprint density at radius 3 is 2.14 bits per heavy atom. The Morgan fingerprint density at radius 2 is 1.71 bits per heavy atom. The molecule has 1 aromatic carbocycles. The van der Waals surface area contributed by atoms with Crippen LogP contribution in [0.2, 0.25) is 0 Å². The fraction of sp³-hybridized carbons (Fsp3) is 0.500. The normalized spacial score (nSPS) is 12.1. The first kappa shape index (κ1) is 17.3. The van der Waals surface area contributed by atoms with Gasteiger partial charge in [0.15, 0.2) is 6.61 Å². The van der Waals surface area contributed by atoms with E-state index in [2.05, 4.69) is 10.1 Å². The molecule has 1 rings (SSSR count). The summed E-state index contributed by atoms with van der Waals surface area (Å²) < 4.78 is 40.6. The van der Waals surface area contributed by atoms with Gasteiger partial charge in [0.05, 0.1) is 5.54 Å². The number of carbonyl (C=O) groups excluding carboxylic acids is 1. The second-order valence-corrected chi connectivity index (χ2v) is 4.75. The number of amides is 1. The highest BCUT2D eigenvalue weighted by molar-refractivity contribution is 5.97. The van der Waals surface area contributed by atoms with E-state index >= 15 is 0 Å². The average Bonchev–Trinajstić information content (AvgIpc) is 2.44. The minimum atomic E-state index is -4.38. The van der Waals surface area contributed by atoms with E-state index < -0.39 is 18.3 Å². The van der Waals surface area contributed by atoms with Crippen molar-refractivity contribution in [2.24, 2.45) is 5.73 Å². The van der Waals surface area contributed by atoms with Gasteiger partial charge in [0.1, 0.15) is 5.75 Å². The van der Waals surface area contributed by atoms with Crippen LogP contribution in [0.5, 0.6) is 5.75 Å². The monoisotopic (exact) mass is 304 g/mol. The minimum Gasteiger partial charge on any atom is -0.484 e. The Labute approximate surface area is 121 Å². The molecule has 0 spiro atoms. The van der Waals surface area contributed by atoms with E-state index in [1.54, 1.807) is 0 Å². The molecule has 0 atom stereocenters. The fourth-order valence-electron chi connectivity index (χ4n) is 1.63. The summed E-state index contributed by atoms with van der Waals surface area (Å²) in [6.07, 6.45) is -3.40. The van der Waals surface area contributed by atoms with E-state index in [9.17, 15) is 18.0 Å². The van der Waals surface area contributed by atoms with Crippen LogP contribution >= 0.6 is 0 Å². The van der Waals surface area contributed by atoms with Crippen LogP contribution < -0.4 is 15.8 Å². The lowest BCUT2D eigenvalue weighted by Gasteiger charge is -2.25. The number of anilines is 1. The number of hydrogen-bond donors (Lipinski definition) is 2. The molecule has 0 fully saturated rings. The van der Waals surface area contributed by atoms with Gasteiger partial charge < -0.3 is 15.8 Å². The van der Waals surface area contributed by atoms with Crippen LogP contribution in [0.3, 0.4) is 0 Å². The molecule has 0 aliphatic heterocycles. The van der Waals surface area contributed by atoms with Crippen molar-refractivity contribution in [3.05, 3.63) is 24.3 Å². The molecule has 1 amide bonds. The number of hydrogen-bond acceptors (Lipinski definition) is 3. The molecule has 3 N–H and O–H groups in total. The van der Waals surface area contributed by atoms with Crippen molar-refractivity contribution in [1.82, 2.24) is 0 Å². The highest BCUT2D eigenvalue weighted by atomic mass is 19.4.